The first-order chi connectivity index (χ1) is 3.50. The lowest BCUT2D eigenvalue weighted by Gasteiger charge is -1.83. The molecule has 7 heavy (non-hydrogen) atoms. The van der Waals surface area contributed by atoms with Gasteiger partial charge in [-0.15, -0.1) is 0 Å². The third kappa shape index (κ3) is 1.51. The molecule has 1 aliphatic heterocycles. The van der Waals surface area contributed by atoms with Crippen LogP contribution < -0.4 is 0 Å². The van der Waals surface area contributed by atoms with Gasteiger partial charge in [0.1, 0.15) is 0 Å². The van der Waals surface area contributed by atoms with Crippen molar-refractivity contribution in [3.05, 3.63) is 0 Å². The van der Waals surface area contributed by atoms with Gasteiger partial charge in [-0.1, -0.05) is 0 Å². The van der Waals surface area contributed by atoms with E-state index in [0.29, 0.717) is 0 Å². The molecule has 0 N–H and O–H groups in total. The van der Waals surface area contributed by atoms with Crippen molar-refractivity contribution in [3.63, 3.8) is 0 Å². The van der Waals surface area contributed by atoms with Crippen molar-refractivity contribution in [2.24, 2.45) is 9.98 Å². The van der Waals surface area contributed by atoms with E-state index < -0.39 is 0 Å². The van der Waals surface area contributed by atoms with Gasteiger partial charge in [0.05, 0.1) is 6.01 Å². The van der Waals surface area contributed by atoms with Crippen molar-refractivity contribution in [1.82, 2.24) is 0 Å². The smallest absolute Gasteiger partial charge is 0.0892 e. The number of hydrogen-bond acceptors (Lipinski definition) is 2. The van der Waals surface area contributed by atoms with E-state index in [2.05, 4.69) is 16.0 Å². The van der Waals surface area contributed by atoms with Crippen LogP contribution in [0.15, 0.2) is 9.98 Å². The maximum atomic E-state index is 3.85. The summed E-state index contributed by atoms with van der Waals surface area (Å²) in [6.45, 7) is 1.84. The van der Waals surface area contributed by atoms with E-state index in [1.54, 1.807) is 0 Å². The lowest BCUT2D eigenvalue weighted by atomic mass is 10.3. The predicted molar refractivity (Wildman–Crippen MR) is 28.8 cm³/mol. The van der Waals surface area contributed by atoms with Crippen LogP contribution in [0.25, 0.3) is 0 Å². The van der Waals surface area contributed by atoms with Gasteiger partial charge < -0.3 is 0 Å². The SMILES string of the molecule is C1=NCCCCN=1. The molecule has 1 heterocycles. The van der Waals surface area contributed by atoms with E-state index in [-0.39, 0.29) is 0 Å². The van der Waals surface area contributed by atoms with Crippen molar-refractivity contribution in [1.29, 1.82) is 0 Å². The van der Waals surface area contributed by atoms with Crippen LogP contribution in [0.2, 0.25) is 0 Å². The molecule has 2 nitrogen and oxygen atoms in total. The number of nitrogens with zero attached hydrogens (tertiary/aromatic N) is 2. The highest BCUT2D eigenvalue weighted by Gasteiger charge is 1.85. The molecule has 0 radical (unpaired) electrons. The first kappa shape index (κ1) is 4.54. The zero-order valence-electron chi connectivity index (χ0n) is 4.22. The van der Waals surface area contributed by atoms with Gasteiger partial charge in [-0.2, -0.15) is 0 Å². The molecule has 0 saturated heterocycles. The fourth-order valence-electron chi connectivity index (χ4n) is 0.532. The van der Waals surface area contributed by atoms with Crippen LogP contribution in [0.3, 0.4) is 0 Å². The van der Waals surface area contributed by atoms with Gasteiger partial charge >= 0.3 is 0 Å². The predicted octanol–water partition coefficient (Wildman–Crippen LogP) is 0.954. The largest absolute Gasteiger partial charge is 0.226 e. The van der Waals surface area contributed by atoms with Gasteiger partial charge in [0.15, 0.2) is 0 Å². The van der Waals surface area contributed by atoms with Crippen LogP contribution >= 0.6 is 0 Å². The lowest BCUT2D eigenvalue weighted by Crippen LogP contribution is -1.79. The van der Waals surface area contributed by atoms with Crippen molar-refractivity contribution in [2.45, 2.75) is 12.8 Å². The summed E-state index contributed by atoms with van der Waals surface area (Å²) >= 11 is 0. The molecule has 0 saturated carbocycles. The molecule has 0 spiro atoms. The number of hydrogen-bond donors (Lipinski definition) is 0. The van der Waals surface area contributed by atoms with Crippen molar-refractivity contribution < 1.29 is 0 Å². The highest BCUT2D eigenvalue weighted by Crippen LogP contribution is 1.91. The second-order valence-electron chi connectivity index (χ2n) is 1.57. The average molecular weight is 96.1 g/mol. The van der Waals surface area contributed by atoms with Gasteiger partial charge in [-0.25, -0.2) is 9.98 Å². The minimum atomic E-state index is 0.920. The quantitative estimate of drug-likeness (QED) is 0.429. The van der Waals surface area contributed by atoms with Crippen LogP contribution in [-0.2, 0) is 0 Å². The fraction of sp³-hybridized carbons (Fsp3) is 0.800. The molecule has 1 aliphatic rings. The van der Waals surface area contributed by atoms with Crippen LogP contribution in [0.5, 0.6) is 0 Å². The summed E-state index contributed by atoms with van der Waals surface area (Å²) < 4.78 is 0. The van der Waals surface area contributed by atoms with E-state index in [9.17, 15) is 0 Å². The maximum absolute atomic E-state index is 3.85. The van der Waals surface area contributed by atoms with E-state index in [1.807, 2.05) is 0 Å². The highest BCUT2D eigenvalue weighted by atomic mass is 14.8. The molecule has 0 fully saturated rings. The Morgan fingerprint density at radius 1 is 1.00 bits per heavy atom. The van der Waals surface area contributed by atoms with Crippen LogP contribution in [0.4, 0.5) is 0 Å². The van der Waals surface area contributed by atoms with Crippen molar-refractivity contribution >= 4 is 6.01 Å². The summed E-state index contributed by atoms with van der Waals surface area (Å²) in [7, 11) is 0. The normalized spacial score (nSPS) is 19.4. The minimum absolute atomic E-state index is 0.920. The van der Waals surface area contributed by atoms with Gasteiger partial charge in [-0.3, -0.25) is 0 Å². The zero-order valence-corrected chi connectivity index (χ0v) is 4.22. The summed E-state index contributed by atoms with van der Waals surface area (Å²) in [4.78, 5) is 7.71. The standard InChI is InChI=1S/C5H8N2/c1-2-4-7-5-6-3-1/h1-4H2. The summed E-state index contributed by atoms with van der Waals surface area (Å²) in [5.41, 5.74) is 0. The Kier molecular flexibility index (Phi) is 1.64. The van der Waals surface area contributed by atoms with E-state index in [1.165, 1.54) is 12.8 Å². The van der Waals surface area contributed by atoms with Gasteiger partial charge in [0, 0.05) is 13.1 Å². The Morgan fingerprint density at radius 2 is 1.57 bits per heavy atom. The molecule has 1 rings (SSSR count). The maximum Gasteiger partial charge on any atom is 0.0892 e. The summed E-state index contributed by atoms with van der Waals surface area (Å²) in [5.74, 6) is 0. The molecule has 38 valence electrons. The third-order valence-electron chi connectivity index (χ3n) is 0.931. The molecule has 2 heteroatoms. The summed E-state index contributed by atoms with van der Waals surface area (Å²) in [6.07, 6.45) is 2.35. The van der Waals surface area contributed by atoms with Gasteiger partial charge in [-0.05, 0) is 12.8 Å². The Morgan fingerprint density at radius 3 is 2.14 bits per heavy atom. The molecule has 0 atom stereocenters. The van der Waals surface area contributed by atoms with Gasteiger partial charge in [0.25, 0.3) is 0 Å². The molecule has 0 aromatic heterocycles. The molecule has 0 amide bonds. The Labute approximate surface area is 43.0 Å². The summed E-state index contributed by atoms with van der Waals surface area (Å²) in [5, 5.41) is 0. The molecule has 0 aromatic carbocycles. The molecule has 0 aliphatic carbocycles. The second kappa shape index (κ2) is 2.54. The molecule has 0 unspecified atom stereocenters. The monoisotopic (exact) mass is 96.1 g/mol. The highest BCUT2D eigenvalue weighted by molar-refractivity contribution is 5.41. The average Bonchev–Trinajstić information content (AvgIpc) is 1.90. The van der Waals surface area contributed by atoms with Gasteiger partial charge in [0.2, 0.25) is 0 Å². The number of rotatable bonds is 0. The fourth-order valence-corrected chi connectivity index (χ4v) is 0.532. The van der Waals surface area contributed by atoms with E-state index in [4.69, 9.17) is 0 Å². The first-order valence-corrected chi connectivity index (χ1v) is 2.58. The Bertz CT molecular complexity index is 90.6. The molecule has 0 bridgehead atoms. The van der Waals surface area contributed by atoms with Crippen LogP contribution in [-0.4, -0.2) is 19.1 Å². The zero-order chi connectivity index (χ0) is 4.95. The molecule has 0 aromatic rings. The molecular weight excluding hydrogens is 88.1 g/mol. The summed E-state index contributed by atoms with van der Waals surface area (Å²) in [6, 6.07) is 2.60. The van der Waals surface area contributed by atoms with Crippen molar-refractivity contribution in [2.75, 3.05) is 13.1 Å². The molecular formula is C5H8N2. The number of aliphatic imine (C=N–C) groups is 2. The minimum Gasteiger partial charge on any atom is -0.226 e. The van der Waals surface area contributed by atoms with E-state index >= 15 is 0 Å². The Hall–Kier alpha value is -0.620. The second-order valence-corrected chi connectivity index (χ2v) is 1.57. The Balaban J connectivity index is 2.40. The van der Waals surface area contributed by atoms with Crippen LogP contribution in [0, 0.1) is 0 Å². The van der Waals surface area contributed by atoms with Crippen LogP contribution in [0.1, 0.15) is 12.8 Å². The van der Waals surface area contributed by atoms with Crippen molar-refractivity contribution in [3.8, 4) is 0 Å². The first-order valence-electron chi connectivity index (χ1n) is 2.58. The topological polar surface area (TPSA) is 24.7 Å². The third-order valence-corrected chi connectivity index (χ3v) is 0.931. The lowest BCUT2D eigenvalue weighted by molar-refractivity contribution is 0.776. The van der Waals surface area contributed by atoms with E-state index in [0.717, 1.165) is 13.1 Å².